The number of hydrogen-bond acceptors (Lipinski definition) is 5. The van der Waals surface area contributed by atoms with E-state index in [9.17, 15) is 26.4 Å². The van der Waals surface area contributed by atoms with Crippen LogP contribution < -0.4 is 10.2 Å². The Morgan fingerprint density at radius 1 is 1.06 bits per heavy atom. The van der Waals surface area contributed by atoms with Crippen LogP contribution in [0.5, 0.6) is 0 Å². The van der Waals surface area contributed by atoms with Gasteiger partial charge < -0.3 is 15.0 Å². The quantitative estimate of drug-likeness (QED) is 0.628. The number of rotatable bonds is 7. The molecule has 0 saturated carbocycles. The van der Waals surface area contributed by atoms with Crippen molar-refractivity contribution in [2.45, 2.75) is 18.7 Å². The van der Waals surface area contributed by atoms with Gasteiger partial charge >= 0.3 is 0 Å². The van der Waals surface area contributed by atoms with E-state index in [0.29, 0.717) is 38.1 Å². The van der Waals surface area contributed by atoms with Gasteiger partial charge in [-0.25, -0.2) is 21.6 Å². The average molecular weight is 472 g/mol. The van der Waals surface area contributed by atoms with Crippen LogP contribution in [-0.4, -0.2) is 58.0 Å². The van der Waals surface area contributed by atoms with Gasteiger partial charge in [0, 0.05) is 31.9 Å². The standard InChI is InChI=1S/C21H24F3N3O4S/c1-3-27(4-2)32(29,30)14-5-8-18(26-9-11-31-12-10-26)15(13-14)21(28)25-17-7-6-16(22)19(23)20(17)24/h5-8,13H,3-4,9-12H2,1-2H3,(H,25,28). The van der Waals surface area contributed by atoms with E-state index in [0.717, 1.165) is 6.07 Å². The van der Waals surface area contributed by atoms with E-state index in [1.807, 2.05) is 4.90 Å². The summed E-state index contributed by atoms with van der Waals surface area (Å²) in [5, 5.41) is 2.22. The van der Waals surface area contributed by atoms with Crippen molar-refractivity contribution >= 4 is 27.3 Å². The van der Waals surface area contributed by atoms with Gasteiger partial charge in [-0.15, -0.1) is 0 Å². The van der Waals surface area contributed by atoms with E-state index in [1.165, 1.54) is 22.5 Å². The summed E-state index contributed by atoms with van der Waals surface area (Å²) in [4.78, 5) is 14.8. The molecule has 0 bridgehead atoms. The number of carbonyl (C=O) groups excluding carboxylic acids is 1. The second-order valence-corrected chi connectivity index (χ2v) is 8.98. The average Bonchev–Trinajstić information content (AvgIpc) is 2.80. The van der Waals surface area contributed by atoms with Crippen molar-refractivity contribution in [3.63, 3.8) is 0 Å². The van der Waals surface area contributed by atoms with Crippen LogP contribution in [0.3, 0.4) is 0 Å². The first-order valence-electron chi connectivity index (χ1n) is 10.1. The van der Waals surface area contributed by atoms with Gasteiger partial charge in [-0.1, -0.05) is 13.8 Å². The number of carbonyl (C=O) groups is 1. The summed E-state index contributed by atoms with van der Waals surface area (Å²) < 4.78 is 73.4. The predicted octanol–water partition coefficient (Wildman–Crippen LogP) is 3.22. The minimum atomic E-state index is -3.87. The molecule has 11 heteroatoms. The maximum absolute atomic E-state index is 14.1. The summed E-state index contributed by atoms with van der Waals surface area (Å²) in [6.45, 7) is 5.63. The molecule has 174 valence electrons. The summed E-state index contributed by atoms with van der Waals surface area (Å²) in [5.41, 5.74) is -0.171. The monoisotopic (exact) mass is 471 g/mol. The molecule has 1 fully saturated rings. The topological polar surface area (TPSA) is 79.0 Å². The number of amides is 1. The van der Waals surface area contributed by atoms with E-state index in [4.69, 9.17) is 4.74 Å². The van der Waals surface area contributed by atoms with E-state index in [1.54, 1.807) is 13.8 Å². The van der Waals surface area contributed by atoms with Crippen LogP contribution in [0, 0.1) is 17.5 Å². The highest BCUT2D eigenvalue weighted by molar-refractivity contribution is 7.89. The SMILES string of the molecule is CCN(CC)S(=O)(=O)c1ccc(N2CCOCC2)c(C(=O)Nc2ccc(F)c(F)c2F)c1. The third-order valence-electron chi connectivity index (χ3n) is 5.19. The number of hydrogen-bond donors (Lipinski definition) is 1. The van der Waals surface area contributed by atoms with Crippen molar-refractivity contribution in [3.8, 4) is 0 Å². The van der Waals surface area contributed by atoms with Gasteiger partial charge in [-0.2, -0.15) is 4.31 Å². The smallest absolute Gasteiger partial charge is 0.257 e. The molecule has 0 aliphatic carbocycles. The predicted molar refractivity (Wildman–Crippen MR) is 114 cm³/mol. The van der Waals surface area contributed by atoms with E-state index in [2.05, 4.69) is 5.32 Å². The zero-order valence-electron chi connectivity index (χ0n) is 17.7. The normalized spacial score (nSPS) is 14.6. The number of benzene rings is 2. The number of nitrogens with one attached hydrogen (secondary N) is 1. The summed E-state index contributed by atoms with van der Waals surface area (Å²) >= 11 is 0. The minimum Gasteiger partial charge on any atom is -0.378 e. The summed E-state index contributed by atoms with van der Waals surface area (Å²) in [6.07, 6.45) is 0. The Morgan fingerprint density at radius 3 is 2.34 bits per heavy atom. The molecule has 2 aromatic rings. The van der Waals surface area contributed by atoms with Crippen molar-refractivity contribution in [2.75, 3.05) is 49.6 Å². The Kier molecular flexibility index (Phi) is 7.42. The van der Waals surface area contributed by atoms with Gasteiger partial charge in [0.1, 0.15) is 0 Å². The second kappa shape index (κ2) is 9.88. The summed E-state index contributed by atoms with van der Waals surface area (Å²) in [7, 11) is -3.87. The van der Waals surface area contributed by atoms with Crippen LogP contribution in [0.4, 0.5) is 24.5 Å². The molecular weight excluding hydrogens is 447 g/mol. The van der Waals surface area contributed by atoms with Crippen LogP contribution in [0.2, 0.25) is 0 Å². The molecule has 32 heavy (non-hydrogen) atoms. The highest BCUT2D eigenvalue weighted by Gasteiger charge is 2.27. The number of ether oxygens (including phenoxy) is 1. The summed E-state index contributed by atoms with van der Waals surface area (Å²) in [5.74, 6) is -5.50. The first-order valence-corrected chi connectivity index (χ1v) is 11.6. The third-order valence-corrected chi connectivity index (χ3v) is 7.24. The fourth-order valence-corrected chi connectivity index (χ4v) is 4.95. The van der Waals surface area contributed by atoms with Crippen molar-refractivity contribution < 1.29 is 31.1 Å². The zero-order valence-corrected chi connectivity index (χ0v) is 18.5. The lowest BCUT2D eigenvalue weighted by atomic mass is 10.1. The molecule has 7 nitrogen and oxygen atoms in total. The minimum absolute atomic E-state index is 0.0377. The molecule has 0 aromatic heterocycles. The van der Waals surface area contributed by atoms with Crippen molar-refractivity contribution in [3.05, 3.63) is 53.3 Å². The van der Waals surface area contributed by atoms with Crippen LogP contribution >= 0.6 is 0 Å². The fourth-order valence-electron chi connectivity index (χ4n) is 3.46. The lowest BCUT2D eigenvalue weighted by molar-refractivity contribution is 0.102. The molecule has 1 amide bonds. The summed E-state index contributed by atoms with van der Waals surface area (Å²) in [6, 6.07) is 5.73. The van der Waals surface area contributed by atoms with Gasteiger partial charge in [-0.3, -0.25) is 4.79 Å². The lowest BCUT2D eigenvalue weighted by Crippen LogP contribution is -2.37. The highest BCUT2D eigenvalue weighted by atomic mass is 32.2. The Labute approximate surface area is 184 Å². The Bertz CT molecular complexity index is 1100. The molecule has 2 aromatic carbocycles. The molecule has 1 aliphatic heterocycles. The Morgan fingerprint density at radius 2 is 1.72 bits per heavy atom. The lowest BCUT2D eigenvalue weighted by Gasteiger charge is -2.30. The molecule has 0 atom stereocenters. The molecule has 1 N–H and O–H groups in total. The molecule has 0 spiro atoms. The number of anilines is 2. The van der Waals surface area contributed by atoms with Crippen molar-refractivity contribution in [1.29, 1.82) is 0 Å². The van der Waals surface area contributed by atoms with Crippen molar-refractivity contribution in [1.82, 2.24) is 4.31 Å². The highest BCUT2D eigenvalue weighted by Crippen LogP contribution is 2.28. The first kappa shape index (κ1) is 24.0. The molecular formula is C21H24F3N3O4S. The number of nitrogens with zero attached hydrogens (tertiary/aromatic N) is 2. The van der Waals surface area contributed by atoms with Gasteiger partial charge in [0.15, 0.2) is 17.5 Å². The molecule has 1 heterocycles. The first-order chi connectivity index (χ1) is 15.2. The maximum Gasteiger partial charge on any atom is 0.257 e. The largest absolute Gasteiger partial charge is 0.378 e. The van der Waals surface area contributed by atoms with Gasteiger partial charge in [0.2, 0.25) is 10.0 Å². The van der Waals surface area contributed by atoms with Crippen molar-refractivity contribution in [2.24, 2.45) is 0 Å². The van der Waals surface area contributed by atoms with Gasteiger partial charge in [-0.05, 0) is 30.3 Å². The molecule has 1 saturated heterocycles. The van der Waals surface area contributed by atoms with E-state index in [-0.39, 0.29) is 23.5 Å². The number of sulfonamides is 1. The zero-order chi connectivity index (χ0) is 23.5. The Balaban J connectivity index is 2.06. The third kappa shape index (κ3) is 4.74. The maximum atomic E-state index is 14.1. The number of halogens is 3. The van der Waals surface area contributed by atoms with Gasteiger partial charge in [0.05, 0.1) is 29.4 Å². The molecule has 0 unspecified atom stereocenters. The van der Waals surface area contributed by atoms with Crippen LogP contribution in [0.1, 0.15) is 24.2 Å². The second-order valence-electron chi connectivity index (χ2n) is 7.04. The van der Waals surface area contributed by atoms with Gasteiger partial charge in [0.25, 0.3) is 5.91 Å². The number of morpholine rings is 1. The molecule has 3 rings (SSSR count). The van der Waals surface area contributed by atoms with Crippen LogP contribution in [0.15, 0.2) is 35.2 Å². The molecule has 0 radical (unpaired) electrons. The van der Waals surface area contributed by atoms with E-state index < -0.39 is 39.1 Å². The fraction of sp³-hybridized carbons (Fsp3) is 0.381. The van der Waals surface area contributed by atoms with Crippen LogP contribution in [0.25, 0.3) is 0 Å². The van der Waals surface area contributed by atoms with Crippen LogP contribution in [-0.2, 0) is 14.8 Å². The Hall–Kier alpha value is -2.63. The molecule has 1 aliphatic rings. The van der Waals surface area contributed by atoms with E-state index >= 15 is 0 Å².